The van der Waals surface area contributed by atoms with Gasteiger partial charge in [-0.1, -0.05) is 56.4 Å². The molecule has 1 N–H and O–H groups in total. The van der Waals surface area contributed by atoms with Gasteiger partial charge in [0, 0.05) is 5.56 Å². The van der Waals surface area contributed by atoms with Crippen LogP contribution in [0.1, 0.15) is 78.3 Å². The van der Waals surface area contributed by atoms with Crippen LogP contribution in [0.5, 0.6) is 5.75 Å². The monoisotopic (exact) mass is 562 g/mol. The minimum atomic E-state index is -0.958. The molecule has 1 atom stereocenters. The number of hydrogen-bond donors (Lipinski definition) is 1. The Bertz CT molecular complexity index is 1500. The van der Waals surface area contributed by atoms with Crippen molar-refractivity contribution in [2.75, 3.05) is 18.1 Å². The van der Waals surface area contributed by atoms with Crippen molar-refractivity contribution in [2.45, 2.75) is 59.9 Å². The van der Waals surface area contributed by atoms with Crippen LogP contribution in [0.4, 0.5) is 5.13 Å². The average molecular weight is 563 g/mol. The Morgan fingerprint density at radius 1 is 1.05 bits per heavy atom. The van der Waals surface area contributed by atoms with Crippen LogP contribution in [-0.2, 0) is 19.7 Å². The molecule has 40 heavy (non-hydrogen) atoms. The van der Waals surface area contributed by atoms with Crippen molar-refractivity contribution < 1.29 is 29.0 Å². The number of Topliss-reactive ketones (excluding diaryl/α,β-unsaturated/α-hetero) is 1. The molecule has 210 valence electrons. The van der Waals surface area contributed by atoms with Crippen LogP contribution in [0.25, 0.3) is 5.76 Å². The van der Waals surface area contributed by atoms with E-state index in [4.69, 9.17) is 9.47 Å². The van der Waals surface area contributed by atoms with Crippen molar-refractivity contribution in [3.63, 3.8) is 0 Å². The molecular formula is C31H34N2O6S. The molecule has 0 spiro atoms. The van der Waals surface area contributed by atoms with Gasteiger partial charge in [-0.3, -0.25) is 14.5 Å². The molecule has 1 aliphatic rings. The number of rotatable bonds is 7. The number of anilines is 1. The number of ketones is 1. The molecule has 1 aromatic heterocycles. The van der Waals surface area contributed by atoms with Crippen LogP contribution in [0.2, 0.25) is 0 Å². The number of carbonyl (C=O) groups excluding carboxylic acids is 3. The van der Waals surface area contributed by atoms with Gasteiger partial charge >= 0.3 is 11.9 Å². The first kappa shape index (κ1) is 29.0. The van der Waals surface area contributed by atoms with Gasteiger partial charge < -0.3 is 14.6 Å². The normalized spacial score (nSPS) is 16.9. The Morgan fingerprint density at radius 2 is 1.73 bits per heavy atom. The number of aryl methyl sites for hydroxylation is 2. The Kier molecular flexibility index (Phi) is 8.16. The van der Waals surface area contributed by atoms with Gasteiger partial charge in [-0.25, -0.2) is 9.78 Å². The molecule has 1 amide bonds. The van der Waals surface area contributed by atoms with Crippen LogP contribution in [0.3, 0.4) is 0 Å². The molecule has 9 heteroatoms. The first-order chi connectivity index (χ1) is 18.9. The summed E-state index contributed by atoms with van der Waals surface area (Å²) in [6.45, 7) is 14.0. The van der Waals surface area contributed by atoms with E-state index >= 15 is 0 Å². The van der Waals surface area contributed by atoms with Crippen molar-refractivity contribution in [2.24, 2.45) is 0 Å². The van der Waals surface area contributed by atoms with Gasteiger partial charge in [0.2, 0.25) is 0 Å². The molecule has 3 aromatic rings. The number of benzene rings is 2. The van der Waals surface area contributed by atoms with E-state index in [-0.39, 0.29) is 33.4 Å². The molecule has 0 bridgehead atoms. The minimum absolute atomic E-state index is 0.0497. The van der Waals surface area contributed by atoms with E-state index in [9.17, 15) is 19.5 Å². The SMILES string of the molecule is CCOC(=O)c1sc(N2C(=O)C(=O)C(=C(O)c3ccc(OCC)cc3C)[C@H]2c2ccc(C(C)(C)C)cc2)nc1C. The number of thiazole rings is 1. The van der Waals surface area contributed by atoms with E-state index in [1.807, 2.05) is 31.2 Å². The standard InChI is InChI=1S/C31H34N2O6S/c1-8-38-21-14-15-22(17(3)16-21)25(34)23-24(19-10-12-20(13-11-19)31(5,6)7)33(28(36)26(23)35)30-32-18(4)27(40-30)29(37)39-9-2/h10-16,24,34H,8-9H2,1-7H3/t24-/m1/s1. The summed E-state index contributed by atoms with van der Waals surface area (Å²) in [5.74, 6) is -1.86. The molecule has 2 heterocycles. The molecule has 8 nitrogen and oxygen atoms in total. The third-order valence-corrected chi connectivity index (χ3v) is 7.89. The summed E-state index contributed by atoms with van der Waals surface area (Å²) in [7, 11) is 0. The average Bonchev–Trinajstić information content (AvgIpc) is 3.40. The molecule has 0 saturated carbocycles. The lowest BCUT2D eigenvalue weighted by Crippen LogP contribution is -2.29. The highest BCUT2D eigenvalue weighted by Crippen LogP contribution is 2.44. The number of aromatic nitrogens is 1. The summed E-state index contributed by atoms with van der Waals surface area (Å²) in [6.07, 6.45) is 0. The fourth-order valence-corrected chi connectivity index (χ4v) is 5.67. The number of aliphatic hydroxyl groups excluding tert-OH is 1. The highest BCUT2D eigenvalue weighted by molar-refractivity contribution is 7.17. The van der Waals surface area contributed by atoms with Crippen LogP contribution in [0, 0.1) is 13.8 Å². The van der Waals surface area contributed by atoms with Gasteiger partial charge in [-0.05, 0) is 68.0 Å². The number of hydrogen-bond acceptors (Lipinski definition) is 8. The summed E-state index contributed by atoms with van der Waals surface area (Å²) >= 11 is 0.983. The molecule has 0 aliphatic carbocycles. The van der Waals surface area contributed by atoms with Crippen LogP contribution < -0.4 is 9.64 Å². The molecule has 1 saturated heterocycles. The van der Waals surface area contributed by atoms with E-state index in [0.29, 0.717) is 34.7 Å². The van der Waals surface area contributed by atoms with Crippen LogP contribution in [0.15, 0.2) is 48.0 Å². The van der Waals surface area contributed by atoms with Gasteiger partial charge in [-0.2, -0.15) is 0 Å². The Hall–Kier alpha value is -3.98. The first-order valence-electron chi connectivity index (χ1n) is 13.2. The molecule has 2 aromatic carbocycles. The first-order valence-corrected chi connectivity index (χ1v) is 14.0. The lowest BCUT2D eigenvalue weighted by molar-refractivity contribution is -0.132. The quantitative estimate of drug-likeness (QED) is 0.157. The Labute approximate surface area is 238 Å². The van der Waals surface area contributed by atoms with Gasteiger partial charge in [0.15, 0.2) is 5.13 Å². The van der Waals surface area contributed by atoms with Crippen molar-refractivity contribution in [1.29, 1.82) is 0 Å². The molecular weight excluding hydrogens is 528 g/mol. The number of esters is 1. The van der Waals surface area contributed by atoms with Crippen molar-refractivity contribution in [3.8, 4) is 5.75 Å². The Balaban J connectivity index is 1.92. The van der Waals surface area contributed by atoms with Crippen LogP contribution >= 0.6 is 11.3 Å². The highest BCUT2D eigenvalue weighted by atomic mass is 32.1. The predicted octanol–water partition coefficient (Wildman–Crippen LogP) is 6.26. The van der Waals surface area contributed by atoms with E-state index < -0.39 is 23.7 Å². The van der Waals surface area contributed by atoms with Crippen LogP contribution in [-0.4, -0.2) is 41.0 Å². The second-order valence-electron chi connectivity index (χ2n) is 10.6. The van der Waals surface area contributed by atoms with Crippen molar-refractivity contribution >= 4 is 39.9 Å². The van der Waals surface area contributed by atoms with E-state index in [1.54, 1.807) is 39.0 Å². The van der Waals surface area contributed by atoms with E-state index in [1.165, 1.54) is 4.90 Å². The third kappa shape index (κ3) is 5.38. The fourth-order valence-electron chi connectivity index (χ4n) is 4.69. The zero-order chi connectivity index (χ0) is 29.4. The fraction of sp³-hybridized carbons (Fsp3) is 0.355. The summed E-state index contributed by atoms with van der Waals surface area (Å²) < 4.78 is 10.7. The lowest BCUT2D eigenvalue weighted by atomic mass is 9.85. The van der Waals surface area contributed by atoms with Gasteiger partial charge in [0.05, 0.1) is 30.5 Å². The molecule has 4 rings (SSSR count). The number of amides is 1. The number of aliphatic hydroxyl groups is 1. The predicted molar refractivity (Wildman–Crippen MR) is 155 cm³/mol. The van der Waals surface area contributed by atoms with Gasteiger partial charge in [0.25, 0.3) is 5.78 Å². The summed E-state index contributed by atoms with van der Waals surface area (Å²) in [5.41, 5.74) is 3.04. The molecule has 0 radical (unpaired) electrons. The second-order valence-corrected chi connectivity index (χ2v) is 11.6. The third-order valence-electron chi connectivity index (χ3n) is 6.75. The number of carbonyl (C=O) groups is 3. The minimum Gasteiger partial charge on any atom is -0.507 e. The molecule has 0 unspecified atom stereocenters. The zero-order valence-corrected chi connectivity index (χ0v) is 24.6. The maximum Gasteiger partial charge on any atom is 0.350 e. The van der Waals surface area contributed by atoms with E-state index in [2.05, 4.69) is 25.8 Å². The topological polar surface area (TPSA) is 106 Å². The Morgan fingerprint density at radius 3 is 2.30 bits per heavy atom. The second kappa shape index (κ2) is 11.3. The maximum absolute atomic E-state index is 13.6. The smallest absolute Gasteiger partial charge is 0.350 e. The largest absolute Gasteiger partial charge is 0.507 e. The summed E-state index contributed by atoms with van der Waals surface area (Å²) in [6, 6.07) is 11.8. The molecule has 1 aliphatic heterocycles. The number of nitrogens with zero attached hydrogens (tertiary/aromatic N) is 2. The van der Waals surface area contributed by atoms with E-state index in [0.717, 1.165) is 16.9 Å². The van der Waals surface area contributed by atoms with Gasteiger partial charge in [-0.15, -0.1) is 0 Å². The highest BCUT2D eigenvalue weighted by Gasteiger charge is 2.48. The summed E-state index contributed by atoms with van der Waals surface area (Å²) in [4.78, 5) is 45.6. The molecule has 1 fully saturated rings. The number of ether oxygens (including phenoxy) is 2. The lowest BCUT2D eigenvalue weighted by Gasteiger charge is -2.25. The zero-order valence-electron chi connectivity index (χ0n) is 23.8. The maximum atomic E-state index is 13.6. The van der Waals surface area contributed by atoms with Crippen molar-refractivity contribution in [3.05, 3.63) is 80.9 Å². The van der Waals surface area contributed by atoms with Gasteiger partial charge in [0.1, 0.15) is 16.4 Å². The summed E-state index contributed by atoms with van der Waals surface area (Å²) in [5, 5.41) is 11.7. The van der Waals surface area contributed by atoms with Crippen molar-refractivity contribution in [1.82, 2.24) is 4.98 Å².